The Morgan fingerprint density at radius 3 is 2.68 bits per heavy atom. The maximum Gasteiger partial charge on any atom is 0.352 e. The van der Waals surface area contributed by atoms with Crippen molar-refractivity contribution in [2.24, 2.45) is 22.4 Å². The number of carboxylic acids is 2. The number of thioether (sulfide) groups is 2. The van der Waals surface area contributed by atoms with E-state index in [0.717, 1.165) is 29.5 Å². The molecular formula is C33H45N8O7S2+. The van der Waals surface area contributed by atoms with Crippen LogP contribution in [-0.2, 0) is 24.0 Å². The smallest absolute Gasteiger partial charge is 0.352 e. The number of β-lactam (4-membered cyclic amide) rings is 1. The van der Waals surface area contributed by atoms with Gasteiger partial charge in [0.25, 0.3) is 11.8 Å². The maximum atomic E-state index is 13.5. The molecule has 3 heterocycles. The Kier molecular flexibility index (Phi) is 14.5. The highest BCUT2D eigenvalue weighted by molar-refractivity contribution is 8.05. The number of aliphatic carboxylic acids is 2. The zero-order chi connectivity index (χ0) is 37.0. The summed E-state index contributed by atoms with van der Waals surface area (Å²) in [5, 5.41) is 30.6. The highest BCUT2D eigenvalue weighted by Gasteiger charge is 2.54. The molecule has 10 N–H and O–H groups in total. The molecule has 0 aromatic heterocycles. The van der Waals surface area contributed by atoms with Gasteiger partial charge in [-0.1, -0.05) is 48.5 Å². The number of nitrogens with one attached hydrogen (secondary N) is 2. The van der Waals surface area contributed by atoms with Gasteiger partial charge in [-0.3, -0.25) is 14.5 Å². The molecule has 3 aliphatic heterocycles. The molecule has 1 saturated heterocycles. The summed E-state index contributed by atoms with van der Waals surface area (Å²) < 4.78 is 1.86. The first kappa shape index (κ1) is 39.7. The van der Waals surface area contributed by atoms with Crippen molar-refractivity contribution in [3.63, 3.8) is 0 Å². The Bertz CT molecular complexity index is 1640. The Morgan fingerprint density at radius 1 is 1.28 bits per heavy atom. The van der Waals surface area contributed by atoms with E-state index in [9.17, 15) is 29.4 Å². The molecule has 0 radical (unpaired) electrons. The van der Waals surface area contributed by atoms with Crippen molar-refractivity contribution < 1.29 is 38.8 Å². The van der Waals surface area contributed by atoms with Crippen LogP contribution in [0.25, 0.3) is 0 Å². The number of carboxylic acid groups (broad SMARTS) is 2. The van der Waals surface area contributed by atoms with E-state index in [-0.39, 0.29) is 17.2 Å². The van der Waals surface area contributed by atoms with Crippen LogP contribution in [0.3, 0.4) is 0 Å². The van der Waals surface area contributed by atoms with Crippen LogP contribution in [0, 0.1) is 0 Å². The minimum Gasteiger partial charge on any atom is -0.478 e. The number of oxime groups is 1. The van der Waals surface area contributed by atoms with Crippen LogP contribution in [-0.4, -0.2) is 97.8 Å². The lowest BCUT2D eigenvalue weighted by Crippen LogP contribution is -2.71. The van der Waals surface area contributed by atoms with Crippen LogP contribution < -0.4 is 27.8 Å². The summed E-state index contributed by atoms with van der Waals surface area (Å²) >= 11 is 2.45. The van der Waals surface area contributed by atoms with Crippen LogP contribution in [0.4, 0.5) is 0 Å². The molecule has 0 aromatic carbocycles. The predicted octanol–water partition coefficient (Wildman–Crippen LogP) is 1.64. The SMILES string of the molecule is CCC/C=C(\N)S/C=C(C)/C(=N/OC(C)(C)C(=O)O)C(=O)N[C@@H]1C(=O)N2C(C(=O)O)=C(/C=C/C[N+]3=C/C(NCCN)=C(N)\C=C\C=C3)CSC12. The van der Waals surface area contributed by atoms with Crippen molar-refractivity contribution in [3.05, 3.63) is 81.3 Å². The van der Waals surface area contributed by atoms with Gasteiger partial charge in [0.15, 0.2) is 24.7 Å². The van der Waals surface area contributed by atoms with Gasteiger partial charge in [0, 0.05) is 24.9 Å². The molecule has 270 valence electrons. The molecule has 0 saturated carbocycles. The average molecular weight is 730 g/mol. The van der Waals surface area contributed by atoms with Gasteiger partial charge >= 0.3 is 11.9 Å². The lowest BCUT2D eigenvalue weighted by molar-refractivity contribution is -0.439. The summed E-state index contributed by atoms with van der Waals surface area (Å²) in [5.41, 5.74) is 17.6. The quantitative estimate of drug-likeness (QED) is 0.0489. The number of allylic oxidation sites excluding steroid dienone is 6. The fourth-order valence-electron chi connectivity index (χ4n) is 4.50. The van der Waals surface area contributed by atoms with E-state index < -0.39 is 40.8 Å². The summed E-state index contributed by atoms with van der Waals surface area (Å²) in [5.74, 6) is -3.74. The van der Waals surface area contributed by atoms with Gasteiger partial charge in [-0.15, -0.1) is 11.8 Å². The molecule has 17 heteroatoms. The molecule has 3 rings (SSSR count). The van der Waals surface area contributed by atoms with Crippen LogP contribution in [0.1, 0.15) is 40.5 Å². The zero-order valence-electron chi connectivity index (χ0n) is 28.4. The normalized spacial score (nSPS) is 22.3. The van der Waals surface area contributed by atoms with E-state index in [2.05, 4.69) is 15.8 Å². The van der Waals surface area contributed by atoms with Crippen LogP contribution in [0.2, 0.25) is 0 Å². The zero-order valence-corrected chi connectivity index (χ0v) is 30.1. The number of carbonyl (C=O) groups is 4. The Hall–Kier alpha value is -4.74. The number of amides is 2. The molecular weight excluding hydrogens is 685 g/mol. The van der Waals surface area contributed by atoms with Crippen molar-refractivity contribution in [1.82, 2.24) is 15.5 Å². The first-order valence-electron chi connectivity index (χ1n) is 15.8. The van der Waals surface area contributed by atoms with E-state index >= 15 is 0 Å². The second kappa shape index (κ2) is 18.3. The molecule has 15 nitrogen and oxygen atoms in total. The molecule has 0 aromatic rings. The third kappa shape index (κ3) is 10.4. The summed E-state index contributed by atoms with van der Waals surface area (Å²) in [6.07, 6.45) is 16.0. The molecule has 0 bridgehead atoms. The van der Waals surface area contributed by atoms with Gasteiger partial charge in [0.05, 0.1) is 10.7 Å². The number of fused-ring (bicyclic) bond motifs is 1. The van der Waals surface area contributed by atoms with Crippen molar-refractivity contribution in [3.8, 4) is 0 Å². The van der Waals surface area contributed by atoms with E-state index in [4.69, 9.17) is 22.0 Å². The molecule has 2 atom stereocenters. The van der Waals surface area contributed by atoms with Crippen molar-refractivity contribution in [2.45, 2.75) is 57.6 Å². The second-order valence-corrected chi connectivity index (χ2v) is 13.8. The minimum atomic E-state index is -1.75. The summed E-state index contributed by atoms with van der Waals surface area (Å²) in [7, 11) is 0. The molecule has 2 amide bonds. The molecule has 1 fully saturated rings. The van der Waals surface area contributed by atoms with Crippen molar-refractivity contribution >= 4 is 59.2 Å². The van der Waals surface area contributed by atoms with E-state index in [1.807, 2.05) is 36.1 Å². The molecule has 0 spiro atoms. The predicted molar refractivity (Wildman–Crippen MR) is 195 cm³/mol. The summed E-state index contributed by atoms with van der Waals surface area (Å²) in [4.78, 5) is 57.3. The van der Waals surface area contributed by atoms with Gasteiger partial charge in [-0.25, -0.2) is 9.59 Å². The minimum absolute atomic E-state index is 0.174. The number of carbonyl (C=O) groups excluding carboxylic acids is 2. The number of rotatable bonds is 17. The lowest BCUT2D eigenvalue weighted by Gasteiger charge is -2.49. The van der Waals surface area contributed by atoms with E-state index in [1.54, 1.807) is 36.6 Å². The molecule has 3 aliphatic rings. The van der Waals surface area contributed by atoms with Gasteiger partial charge in [0.1, 0.15) is 22.8 Å². The fourth-order valence-corrected chi connectivity index (χ4v) is 6.45. The van der Waals surface area contributed by atoms with Crippen LogP contribution >= 0.6 is 23.5 Å². The van der Waals surface area contributed by atoms with Gasteiger partial charge in [-0.2, -0.15) is 4.58 Å². The van der Waals surface area contributed by atoms with Crippen molar-refractivity contribution in [2.75, 3.05) is 25.4 Å². The largest absolute Gasteiger partial charge is 0.478 e. The number of nitrogens with zero attached hydrogens (tertiary/aromatic N) is 3. The Balaban J connectivity index is 1.81. The topological polar surface area (TPSA) is 239 Å². The number of hydrogen-bond donors (Lipinski definition) is 7. The first-order valence-corrected chi connectivity index (χ1v) is 17.7. The average Bonchev–Trinajstić information content (AvgIpc) is 3.07. The molecule has 1 unspecified atom stereocenters. The first-order chi connectivity index (χ1) is 23.7. The fraction of sp³-hybridized carbons (Fsp3) is 0.394. The van der Waals surface area contributed by atoms with E-state index in [1.165, 1.54) is 25.6 Å². The third-order valence-electron chi connectivity index (χ3n) is 7.33. The monoisotopic (exact) mass is 729 g/mol. The summed E-state index contributed by atoms with van der Waals surface area (Å²) in [6, 6.07) is -1.06. The number of unbranched alkanes of at least 4 members (excludes halogenated alkanes) is 1. The Labute approximate surface area is 299 Å². The van der Waals surface area contributed by atoms with Gasteiger partial charge in [0.2, 0.25) is 5.60 Å². The highest BCUT2D eigenvalue weighted by atomic mass is 32.2. The van der Waals surface area contributed by atoms with Crippen LogP contribution in [0.5, 0.6) is 0 Å². The highest BCUT2D eigenvalue weighted by Crippen LogP contribution is 2.40. The van der Waals surface area contributed by atoms with E-state index in [0.29, 0.717) is 47.2 Å². The third-order valence-corrected chi connectivity index (χ3v) is 9.54. The lowest BCUT2D eigenvalue weighted by atomic mass is 10.0. The second-order valence-electron chi connectivity index (χ2n) is 11.7. The van der Waals surface area contributed by atoms with Gasteiger partial charge in [-0.05, 0) is 55.9 Å². The molecule has 0 aliphatic carbocycles. The summed E-state index contributed by atoms with van der Waals surface area (Å²) in [6.45, 7) is 7.45. The van der Waals surface area contributed by atoms with Crippen LogP contribution in [0.15, 0.2) is 86.5 Å². The standard InChI is InChI=1S/C33H44N8O7S2/c1-5-6-12-24(36)49-18-20(2)25(39-48-33(3,4)32(46)47)28(42)38-26-29(43)41-27(31(44)45)21(19-50-30(26)41)10-9-16-40-15-8-7-11-22(35)23(17-40)37-14-13-34/h7-12,15,17-18,26,30,35,37H,5-6,13-14,16,19,34,36H2,1-4H3,(H3,38,42,44,45,46,47)/p+1/b10-9+,11-7+,15-8?,20-18+,23-17?,24-12+,39-25-/t26-,30?/m1/s1. The van der Waals surface area contributed by atoms with Gasteiger partial charge < -0.3 is 42.9 Å². The van der Waals surface area contributed by atoms with Crippen molar-refractivity contribution in [1.29, 1.82) is 0 Å². The number of hydrogen-bond acceptors (Lipinski definition) is 12. The Morgan fingerprint density at radius 2 is 2.02 bits per heavy atom. The maximum absolute atomic E-state index is 13.5. The number of nitrogens with two attached hydrogens (primary N) is 3. The molecule has 50 heavy (non-hydrogen) atoms.